The molecule has 0 saturated carbocycles. The van der Waals surface area contributed by atoms with Gasteiger partial charge in [-0.1, -0.05) is 24.3 Å². The van der Waals surface area contributed by atoms with Crippen molar-refractivity contribution in [2.45, 2.75) is 18.4 Å². The number of nitrogens with zero attached hydrogens (tertiary/aromatic N) is 2. The molecule has 2 heterocycles. The standard InChI is InChI=1S/C16H17N3O3/c17-15(21)16(22)6-3-7-19(10-16)14(20)13-9-18-8-11-4-1-2-5-12(11)13/h1-2,4-5,8-9,22H,3,6-7,10H2,(H2,17,21)/t16-/m0/s1. The number of amides is 2. The number of primary amides is 1. The summed E-state index contributed by atoms with van der Waals surface area (Å²) in [5.41, 5.74) is 4.07. The maximum absolute atomic E-state index is 12.7. The summed E-state index contributed by atoms with van der Waals surface area (Å²) < 4.78 is 0. The lowest BCUT2D eigenvalue weighted by Gasteiger charge is -2.37. The van der Waals surface area contributed by atoms with E-state index in [1.807, 2.05) is 24.3 Å². The van der Waals surface area contributed by atoms with Crippen LogP contribution in [0.1, 0.15) is 23.2 Å². The van der Waals surface area contributed by atoms with Gasteiger partial charge < -0.3 is 15.7 Å². The number of β-amino-alcohol motifs (C(OH)–C–C–N with tert-alkyl or cyclic N) is 1. The Kier molecular flexibility index (Phi) is 3.54. The number of pyridine rings is 1. The molecule has 0 radical (unpaired) electrons. The number of aliphatic hydroxyl groups is 1. The molecule has 6 heteroatoms. The van der Waals surface area contributed by atoms with Crippen LogP contribution in [0, 0.1) is 0 Å². The van der Waals surface area contributed by atoms with Crippen LogP contribution in [0.2, 0.25) is 0 Å². The molecular formula is C16H17N3O3. The highest BCUT2D eigenvalue weighted by Gasteiger charge is 2.40. The molecule has 6 nitrogen and oxygen atoms in total. The van der Waals surface area contributed by atoms with Crippen LogP contribution in [0.25, 0.3) is 10.8 Å². The molecule has 2 aromatic rings. The molecule has 1 saturated heterocycles. The first-order chi connectivity index (χ1) is 10.5. The van der Waals surface area contributed by atoms with Crippen LogP contribution in [0.5, 0.6) is 0 Å². The topological polar surface area (TPSA) is 96.5 Å². The summed E-state index contributed by atoms with van der Waals surface area (Å²) in [5, 5.41) is 11.9. The lowest BCUT2D eigenvalue weighted by molar-refractivity contribution is -0.140. The smallest absolute Gasteiger partial charge is 0.256 e. The van der Waals surface area contributed by atoms with E-state index in [4.69, 9.17) is 5.73 Å². The summed E-state index contributed by atoms with van der Waals surface area (Å²) in [7, 11) is 0. The van der Waals surface area contributed by atoms with E-state index in [2.05, 4.69) is 4.98 Å². The number of carbonyl (C=O) groups is 2. The normalized spacial score (nSPS) is 21.8. The first-order valence-electron chi connectivity index (χ1n) is 7.15. The van der Waals surface area contributed by atoms with Crippen molar-refractivity contribution in [1.82, 2.24) is 9.88 Å². The van der Waals surface area contributed by atoms with Gasteiger partial charge in [0.1, 0.15) is 0 Å². The second-order valence-corrected chi connectivity index (χ2v) is 5.63. The molecular weight excluding hydrogens is 282 g/mol. The summed E-state index contributed by atoms with van der Waals surface area (Å²) in [4.78, 5) is 29.7. The van der Waals surface area contributed by atoms with E-state index < -0.39 is 11.5 Å². The van der Waals surface area contributed by atoms with Crippen molar-refractivity contribution in [2.24, 2.45) is 5.73 Å². The molecule has 1 aromatic carbocycles. The van der Waals surface area contributed by atoms with E-state index in [9.17, 15) is 14.7 Å². The van der Waals surface area contributed by atoms with Crippen molar-refractivity contribution in [2.75, 3.05) is 13.1 Å². The molecule has 3 N–H and O–H groups in total. The molecule has 1 aromatic heterocycles. The predicted octanol–water partition coefficient (Wildman–Crippen LogP) is 0.687. The van der Waals surface area contributed by atoms with Gasteiger partial charge in [-0.15, -0.1) is 0 Å². The zero-order valence-corrected chi connectivity index (χ0v) is 12.0. The number of rotatable bonds is 2. The molecule has 1 fully saturated rings. The maximum Gasteiger partial charge on any atom is 0.256 e. The Labute approximate surface area is 127 Å². The first kappa shape index (κ1) is 14.5. The second-order valence-electron chi connectivity index (χ2n) is 5.63. The molecule has 0 spiro atoms. The third kappa shape index (κ3) is 2.42. The zero-order valence-electron chi connectivity index (χ0n) is 12.0. The van der Waals surface area contributed by atoms with E-state index in [0.717, 1.165) is 10.8 Å². The van der Waals surface area contributed by atoms with E-state index in [0.29, 0.717) is 18.5 Å². The first-order valence-corrected chi connectivity index (χ1v) is 7.15. The van der Waals surface area contributed by atoms with Gasteiger partial charge in [-0.05, 0) is 18.2 Å². The van der Waals surface area contributed by atoms with Gasteiger partial charge in [0, 0.05) is 24.3 Å². The monoisotopic (exact) mass is 299 g/mol. The predicted molar refractivity (Wildman–Crippen MR) is 81.0 cm³/mol. The quantitative estimate of drug-likeness (QED) is 0.852. The molecule has 0 unspecified atom stereocenters. The van der Waals surface area contributed by atoms with Crippen molar-refractivity contribution >= 4 is 22.6 Å². The molecule has 3 rings (SSSR count). The van der Waals surface area contributed by atoms with Gasteiger partial charge in [0.15, 0.2) is 5.60 Å². The third-order valence-corrected chi connectivity index (χ3v) is 4.12. The van der Waals surface area contributed by atoms with Gasteiger partial charge in [-0.3, -0.25) is 14.6 Å². The Hall–Kier alpha value is -2.47. The summed E-state index contributed by atoms with van der Waals surface area (Å²) in [6.07, 6.45) is 4.02. The van der Waals surface area contributed by atoms with Gasteiger partial charge in [0.2, 0.25) is 0 Å². The van der Waals surface area contributed by atoms with Crippen molar-refractivity contribution in [1.29, 1.82) is 0 Å². The summed E-state index contributed by atoms with van der Waals surface area (Å²) in [5.74, 6) is -1.04. The number of carbonyl (C=O) groups excluding carboxylic acids is 2. The van der Waals surface area contributed by atoms with E-state index in [1.54, 1.807) is 6.20 Å². The molecule has 22 heavy (non-hydrogen) atoms. The average Bonchev–Trinajstić information content (AvgIpc) is 2.53. The number of aromatic nitrogens is 1. The fraction of sp³-hybridized carbons (Fsp3) is 0.312. The Morgan fingerprint density at radius 1 is 1.27 bits per heavy atom. The lowest BCUT2D eigenvalue weighted by atomic mass is 9.91. The summed E-state index contributed by atoms with van der Waals surface area (Å²) >= 11 is 0. The highest BCUT2D eigenvalue weighted by Crippen LogP contribution is 2.24. The Balaban J connectivity index is 1.94. The third-order valence-electron chi connectivity index (χ3n) is 4.12. The molecule has 2 amide bonds. The van der Waals surface area contributed by atoms with Gasteiger partial charge in [-0.2, -0.15) is 0 Å². The summed E-state index contributed by atoms with van der Waals surface area (Å²) in [6, 6.07) is 7.48. The molecule has 1 atom stereocenters. The van der Waals surface area contributed by atoms with Crippen molar-refractivity contribution in [3.8, 4) is 0 Å². The van der Waals surface area contributed by atoms with Gasteiger partial charge in [0.25, 0.3) is 11.8 Å². The second kappa shape index (κ2) is 5.38. The average molecular weight is 299 g/mol. The van der Waals surface area contributed by atoms with Crippen molar-refractivity contribution in [3.05, 3.63) is 42.2 Å². The highest BCUT2D eigenvalue weighted by atomic mass is 16.3. The molecule has 0 aliphatic carbocycles. The number of fused-ring (bicyclic) bond motifs is 1. The minimum atomic E-state index is -1.65. The fourth-order valence-electron chi connectivity index (χ4n) is 2.87. The summed E-state index contributed by atoms with van der Waals surface area (Å²) in [6.45, 7) is 0.405. The van der Waals surface area contributed by atoms with Gasteiger partial charge in [-0.25, -0.2) is 0 Å². The van der Waals surface area contributed by atoms with E-state index in [-0.39, 0.29) is 18.9 Å². The number of hydrogen-bond acceptors (Lipinski definition) is 4. The zero-order chi connectivity index (χ0) is 15.7. The SMILES string of the molecule is NC(=O)[C@]1(O)CCCN(C(=O)c2cncc3ccccc23)C1. The van der Waals surface area contributed by atoms with Crippen LogP contribution in [-0.4, -0.2) is 45.5 Å². The maximum atomic E-state index is 12.7. The van der Waals surface area contributed by atoms with E-state index in [1.165, 1.54) is 11.1 Å². The minimum Gasteiger partial charge on any atom is -0.378 e. The van der Waals surface area contributed by atoms with E-state index >= 15 is 0 Å². The number of likely N-dealkylation sites (tertiary alicyclic amines) is 1. The van der Waals surface area contributed by atoms with Crippen LogP contribution in [0.3, 0.4) is 0 Å². The Morgan fingerprint density at radius 2 is 2.05 bits per heavy atom. The van der Waals surface area contributed by atoms with Gasteiger partial charge >= 0.3 is 0 Å². The Bertz CT molecular complexity index is 741. The number of hydrogen-bond donors (Lipinski definition) is 2. The fourth-order valence-corrected chi connectivity index (χ4v) is 2.87. The van der Waals surface area contributed by atoms with Crippen LogP contribution in [0.15, 0.2) is 36.7 Å². The van der Waals surface area contributed by atoms with Crippen molar-refractivity contribution < 1.29 is 14.7 Å². The number of piperidine rings is 1. The molecule has 0 bridgehead atoms. The molecule has 114 valence electrons. The highest BCUT2D eigenvalue weighted by molar-refractivity contribution is 6.06. The van der Waals surface area contributed by atoms with Crippen LogP contribution in [0.4, 0.5) is 0 Å². The number of benzene rings is 1. The van der Waals surface area contributed by atoms with Gasteiger partial charge in [0.05, 0.1) is 12.1 Å². The molecule has 1 aliphatic rings. The van der Waals surface area contributed by atoms with Crippen LogP contribution in [-0.2, 0) is 4.79 Å². The van der Waals surface area contributed by atoms with Crippen LogP contribution >= 0.6 is 0 Å². The largest absolute Gasteiger partial charge is 0.378 e. The Morgan fingerprint density at radius 3 is 2.82 bits per heavy atom. The molecule has 1 aliphatic heterocycles. The minimum absolute atomic E-state index is 0.0790. The van der Waals surface area contributed by atoms with Crippen molar-refractivity contribution in [3.63, 3.8) is 0 Å². The van der Waals surface area contributed by atoms with Crippen LogP contribution < -0.4 is 5.73 Å². The lowest BCUT2D eigenvalue weighted by Crippen LogP contribution is -2.57. The number of nitrogens with two attached hydrogens (primary N) is 1.